The number of rotatable bonds is 2. The van der Waals surface area contributed by atoms with Crippen LogP contribution in [0.25, 0.3) is 0 Å². The summed E-state index contributed by atoms with van der Waals surface area (Å²) in [5.41, 5.74) is 1.10. The molecule has 3 heteroatoms. The predicted octanol–water partition coefficient (Wildman–Crippen LogP) is 1.81. The number of nitrogens with zero attached hydrogens (tertiary/aromatic N) is 1. The van der Waals surface area contributed by atoms with Gasteiger partial charge in [0.05, 0.1) is 12.8 Å². The van der Waals surface area contributed by atoms with E-state index in [4.69, 9.17) is 9.57 Å². The Kier molecular flexibility index (Phi) is 2.36. The summed E-state index contributed by atoms with van der Waals surface area (Å²) in [6, 6.07) is 0. The van der Waals surface area contributed by atoms with Crippen LogP contribution < -0.4 is 0 Å². The van der Waals surface area contributed by atoms with Gasteiger partial charge in [0.15, 0.2) is 6.73 Å². The Balaban J connectivity index is 2.07. The van der Waals surface area contributed by atoms with Crippen molar-refractivity contribution >= 4 is 0 Å². The van der Waals surface area contributed by atoms with Crippen LogP contribution in [0, 0.1) is 5.92 Å². The minimum absolute atomic E-state index is 0.396. The molecule has 0 fully saturated rings. The quantitative estimate of drug-likeness (QED) is 0.645. The topological polar surface area (TPSA) is 21.7 Å². The number of hydroxylamine groups is 2. The number of allylic oxidation sites excluding steroid dienone is 4. The lowest BCUT2D eigenvalue weighted by Crippen LogP contribution is -2.22. The molecule has 1 atom stereocenters. The molecule has 0 amide bonds. The summed E-state index contributed by atoms with van der Waals surface area (Å²) in [4.78, 5) is 5.16. The van der Waals surface area contributed by atoms with Crippen LogP contribution in [0.4, 0.5) is 0 Å². The highest BCUT2D eigenvalue weighted by Crippen LogP contribution is 2.27. The summed E-state index contributed by atoms with van der Waals surface area (Å²) in [6.07, 6.45) is 11.2. The van der Waals surface area contributed by atoms with Gasteiger partial charge in [-0.15, -0.1) is 0 Å². The van der Waals surface area contributed by atoms with E-state index >= 15 is 0 Å². The summed E-state index contributed by atoms with van der Waals surface area (Å²) >= 11 is 0. The molecule has 13 heavy (non-hydrogen) atoms. The van der Waals surface area contributed by atoms with Crippen LogP contribution in [0.1, 0.15) is 6.42 Å². The molecule has 0 saturated heterocycles. The SMILES string of the molecule is CON1COC=C1C1C=CC=CC1. The van der Waals surface area contributed by atoms with Crippen LogP contribution in [0.3, 0.4) is 0 Å². The van der Waals surface area contributed by atoms with Crippen LogP contribution in [-0.4, -0.2) is 18.9 Å². The second-order valence-electron chi connectivity index (χ2n) is 3.05. The Labute approximate surface area is 77.9 Å². The average molecular weight is 179 g/mol. The van der Waals surface area contributed by atoms with Crippen molar-refractivity contribution in [3.63, 3.8) is 0 Å². The zero-order chi connectivity index (χ0) is 9.10. The lowest BCUT2D eigenvalue weighted by molar-refractivity contribution is -0.130. The van der Waals surface area contributed by atoms with Gasteiger partial charge in [0.1, 0.15) is 6.26 Å². The molecule has 0 aromatic heterocycles. The standard InChI is InChI=1S/C10H13NO2/c1-12-11-8-13-7-10(11)9-5-3-2-4-6-9/h2-5,7,9H,6,8H2,1H3. The molecule has 0 N–H and O–H groups in total. The molecule has 1 unspecified atom stereocenters. The van der Waals surface area contributed by atoms with Crippen LogP contribution in [0.5, 0.6) is 0 Å². The summed E-state index contributed by atoms with van der Waals surface area (Å²) in [5, 5.41) is 1.77. The van der Waals surface area contributed by atoms with Crippen molar-refractivity contribution in [2.75, 3.05) is 13.8 Å². The van der Waals surface area contributed by atoms with E-state index in [1.54, 1.807) is 18.4 Å². The van der Waals surface area contributed by atoms with E-state index in [0.717, 1.165) is 12.1 Å². The van der Waals surface area contributed by atoms with Crippen molar-refractivity contribution in [2.24, 2.45) is 5.92 Å². The Morgan fingerprint density at radius 3 is 3.15 bits per heavy atom. The fourth-order valence-corrected chi connectivity index (χ4v) is 1.55. The largest absolute Gasteiger partial charge is 0.477 e. The molecular formula is C10H13NO2. The third-order valence-electron chi connectivity index (χ3n) is 2.26. The molecule has 0 radical (unpaired) electrons. The summed E-state index contributed by atoms with van der Waals surface area (Å²) < 4.78 is 5.19. The van der Waals surface area contributed by atoms with Crippen molar-refractivity contribution in [1.29, 1.82) is 0 Å². The van der Waals surface area contributed by atoms with Gasteiger partial charge in [0.25, 0.3) is 0 Å². The monoisotopic (exact) mass is 179 g/mol. The van der Waals surface area contributed by atoms with Crippen molar-refractivity contribution in [3.8, 4) is 0 Å². The molecule has 0 aromatic rings. The normalized spacial score (nSPS) is 26.1. The Hall–Kier alpha value is -1.22. The second-order valence-corrected chi connectivity index (χ2v) is 3.05. The molecule has 1 heterocycles. The molecule has 0 saturated carbocycles. The van der Waals surface area contributed by atoms with Gasteiger partial charge in [-0.3, -0.25) is 4.84 Å². The van der Waals surface area contributed by atoms with Gasteiger partial charge in [0.2, 0.25) is 0 Å². The molecule has 1 aliphatic carbocycles. The Morgan fingerprint density at radius 2 is 2.46 bits per heavy atom. The summed E-state index contributed by atoms with van der Waals surface area (Å²) in [6.45, 7) is 0.500. The molecule has 0 bridgehead atoms. The maximum absolute atomic E-state index is 5.19. The van der Waals surface area contributed by atoms with E-state index < -0.39 is 0 Å². The van der Waals surface area contributed by atoms with E-state index in [1.165, 1.54) is 0 Å². The molecule has 2 aliphatic rings. The fraction of sp³-hybridized carbons (Fsp3) is 0.400. The molecule has 2 rings (SSSR count). The number of ether oxygens (including phenoxy) is 1. The molecule has 70 valence electrons. The van der Waals surface area contributed by atoms with E-state index in [-0.39, 0.29) is 0 Å². The van der Waals surface area contributed by atoms with Gasteiger partial charge in [-0.2, -0.15) is 0 Å². The first kappa shape index (κ1) is 8.38. The van der Waals surface area contributed by atoms with Gasteiger partial charge in [-0.1, -0.05) is 24.3 Å². The van der Waals surface area contributed by atoms with Gasteiger partial charge in [0, 0.05) is 5.92 Å². The summed E-state index contributed by atoms with van der Waals surface area (Å²) in [7, 11) is 1.66. The predicted molar refractivity (Wildman–Crippen MR) is 49.3 cm³/mol. The Bertz CT molecular complexity index is 268. The van der Waals surface area contributed by atoms with Gasteiger partial charge in [-0.25, -0.2) is 5.06 Å². The summed E-state index contributed by atoms with van der Waals surface area (Å²) in [5.74, 6) is 0.396. The number of hydrogen-bond acceptors (Lipinski definition) is 3. The molecule has 0 aromatic carbocycles. The lowest BCUT2D eigenvalue weighted by Gasteiger charge is -2.21. The zero-order valence-electron chi connectivity index (χ0n) is 7.64. The van der Waals surface area contributed by atoms with Crippen LogP contribution >= 0.6 is 0 Å². The maximum atomic E-state index is 5.19. The third-order valence-corrected chi connectivity index (χ3v) is 2.26. The third kappa shape index (κ3) is 1.60. The van der Waals surface area contributed by atoms with Crippen molar-refractivity contribution in [1.82, 2.24) is 5.06 Å². The first-order chi connectivity index (χ1) is 6.42. The van der Waals surface area contributed by atoms with Crippen molar-refractivity contribution in [3.05, 3.63) is 36.3 Å². The number of hydrogen-bond donors (Lipinski definition) is 0. The van der Waals surface area contributed by atoms with Gasteiger partial charge in [-0.05, 0) is 6.42 Å². The van der Waals surface area contributed by atoms with Crippen molar-refractivity contribution in [2.45, 2.75) is 6.42 Å². The smallest absolute Gasteiger partial charge is 0.184 e. The molecule has 0 spiro atoms. The first-order valence-corrected chi connectivity index (χ1v) is 4.38. The van der Waals surface area contributed by atoms with E-state index in [2.05, 4.69) is 24.3 Å². The maximum Gasteiger partial charge on any atom is 0.184 e. The van der Waals surface area contributed by atoms with Gasteiger partial charge < -0.3 is 4.74 Å². The minimum Gasteiger partial charge on any atom is -0.477 e. The zero-order valence-corrected chi connectivity index (χ0v) is 7.64. The van der Waals surface area contributed by atoms with Crippen LogP contribution in [0.2, 0.25) is 0 Å². The molecule has 1 aliphatic heterocycles. The Morgan fingerprint density at radius 1 is 1.54 bits per heavy atom. The van der Waals surface area contributed by atoms with E-state index in [0.29, 0.717) is 12.6 Å². The van der Waals surface area contributed by atoms with Gasteiger partial charge >= 0.3 is 0 Å². The first-order valence-electron chi connectivity index (χ1n) is 4.38. The van der Waals surface area contributed by atoms with Crippen molar-refractivity contribution < 1.29 is 9.57 Å². The van der Waals surface area contributed by atoms with E-state index in [1.807, 2.05) is 0 Å². The van der Waals surface area contributed by atoms with E-state index in [9.17, 15) is 0 Å². The fourth-order valence-electron chi connectivity index (χ4n) is 1.55. The molecule has 3 nitrogen and oxygen atoms in total. The molecular weight excluding hydrogens is 166 g/mol. The lowest BCUT2D eigenvalue weighted by atomic mass is 9.98. The highest BCUT2D eigenvalue weighted by molar-refractivity contribution is 5.20. The highest BCUT2D eigenvalue weighted by Gasteiger charge is 2.23. The second kappa shape index (κ2) is 3.66. The van der Waals surface area contributed by atoms with Crippen LogP contribution in [-0.2, 0) is 9.57 Å². The minimum atomic E-state index is 0.396. The average Bonchev–Trinajstić information content (AvgIpc) is 2.67. The highest BCUT2D eigenvalue weighted by atomic mass is 16.7. The van der Waals surface area contributed by atoms with Crippen LogP contribution in [0.15, 0.2) is 36.3 Å².